The Morgan fingerprint density at radius 3 is 2.46 bits per heavy atom. The van der Waals surface area contributed by atoms with Crippen molar-refractivity contribution in [3.05, 3.63) is 70.8 Å². The summed E-state index contributed by atoms with van der Waals surface area (Å²) >= 11 is 0. The van der Waals surface area contributed by atoms with Gasteiger partial charge in [0.05, 0.1) is 24.8 Å². The van der Waals surface area contributed by atoms with Crippen molar-refractivity contribution in [1.29, 1.82) is 0 Å². The predicted octanol–water partition coefficient (Wildman–Crippen LogP) is 2.81. The second kappa shape index (κ2) is 7.86. The van der Waals surface area contributed by atoms with Gasteiger partial charge < -0.3 is 19.8 Å². The number of ether oxygens (including phenoxy) is 1. The summed E-state index contributed by atoms with van der Waals surface area (Å²) in [5, 5.41) is 20.7. The normalized spacial score (nSPS) is 19.7. The number of hydrogen-bond acceptors (Lipinski definition) is 5. The second-order valence-electron chi connectivity index (χ2n) is 6.94. The SMILES string of the molecule is COc1cccc([C@H]2C(=C(O)c3ccc(C)cc3)C(=O)C(=O)N2C[C@H](C)O)c1. The molecular weight excluding hydrogens is 358 g/mol. The largest absolute Gasteiger partial charge is 0.507 e. The van der Waals surface area contributed by atoms with E-state index in [9.17, 15) is 19.8 Å². The molecule has 0 unspecified atom stereocenters. The highest BCUT2D eigenvalue weighted by atomic mass is 16.5. The van der Waals surface area contributed by atoms with Crippen molar-refractivity contribution in [1.82, 2.24) is 4.90 Å². The maximum absolute atomic E-state index is 12.8. The molecule has 2 aromatic carbocycles. The number of aliphatic hydroxyl groups excluding tert-OH is 2. The summed E-state index contributed by atoms with van der Waals surface area (Å²) in [6.07, 6.45) is -0.828. The van der Waals surface area contributed by atoms with Gasteiger partial charge in [-0.3, -0.25) is 9.59 Å². The maximum atomic E-state index is 12.8. The van der Waals surface area contributed by atoms with Gasteiger partial charge in [-0.25, -0.2) is 0 Å². The van der Waals surface area contributed by atoms with Crippen LogP contribution in [0.4, 0.5) is 0 Å². The molecule has 1 aliphatic heterocycles. The number of rotatable bonds is 5. The van der Waals surface area contributed by atoms with Gasteiger partial charge in [0.15, 0.2) is 0 Å². The number of aryl methyl sites for hydroxylation is 1. The van der Waals surface area contributed by atoms with E-state index in [-0.39, 0.29) is 17.9 Å². The number of β-amino-alcohol motifs (C(OH)–C–C–N with tert-alkyl or cyclic N) is 1. The first kappa shape index (κ1) is 19.6. The van der Waals surface area contributed by atoms with Crippen molar-refractivity contribution in [2.45, 2.75) is 26.0 Å². The number of Topliss-reactive ketones (excluding diaryl/α,β-unsaturated/α-hetero) is 1. The van der Waals surface area contributed by atoms with Crippen LogP contribution in [-0.4, -0.2) is 46.6 Å². The van der Waals surface area contributed by atoms with E-state index < -0.39 is 23.8 Å². The molecule has 6 nitrogen and oxygen atoms in total. The van der Waals surface area contributed by atoms with Crippen molar-refractivity contribution in [2.24, 2.45) is 0 Å². The third kappa shape index (κ3) is 3.64. The molecule has 146 valence electrons. The Morgan fingerprint density at radius 1 is 1.18 bits per heavy atom. The van der Waals surface area contributed by atoms with Crippen LogP contribution in [0.3, 0.4) is 0 Å². The summed E-state index contributed by atoms with van der Waals surface area (Å²) in [5.74, 6) is -1.19. The van der Waals surface area contributed by atoms with Crippen molar-refractivity contribution < 1.29 is 24.5 Å². The van der Waals surface area contributed by atoms with Crippen molar-refractivity contribution in [3.63, 3.8) is 0 Å². The van der Waals surface area contributed by atoms with E-state index in [0.29, 0.717) is 16.9 Å². The molecule has 0 bridgehead atoms. The van der Waals surface area contributed by atoms with Crippen LogP contribution >= 0.6 is 0 Å². The van der Waals surface area contributed by atoms with E-state index in [4.69, 9.17) is 4.74 Å². The van der Waals surface area contributed by atoms with Crippen LogP contribution in [0.5, 0.6) is 5.75 Å². The molecule has 6 heteroatoms. The Morgan fingerprint density at radius 2 is 1.86 bits per heavy atom. The standard InChI is InChI=1S/C22H23NO5/c1-13-7-9-15(10-8-13)20(25)18-19(16-5-4-6-17(11-16)28-3)23(12-14(2)24)22(27)21(18)26/h4-11,14,19,24-25H,12H2,1-3H3/t14-,19-/m0/s1. The Hall–Kier alpha value is -3.12. The van der Waals surface area contributed by atoms with Crippen molar-refractivity contribution in [2.75, 3.05) is 13.7 Å². The summed E-state index contributed by atoms with van der Waals surface area (Å²) in [4.78, 5) is 26.8. The van der Waals surface area contributed by atoms with Gasteiger partial charge in [0, 0.05) is 12.1 Å². The molecule has 2 atom stereocenters. The molecule has 1 heterocycles. The number of methoxy groups -OCH3 is 1. The number of ketones is 1. The average molecular weight is 381 g/mol. The molecular formula is C22H23NO5. The van der Waals surface area contributed by atoms with Crippen LogP contribution in [0.15, 0.2) is 54.1 Å². The molecule has 0 spiro atoms. The number of aliphatic hydroxyl groups is 2. The Bertz CT molecular complexity index is 930. The summed E-state index contributed by atoms with van der Waals surface area (Å²) in [6, 6.07) is 13.2. The monoisotopic (exact) mass is 381 g/mol. The topological polar surface area (TPSA) is 87.1 Å². The highest BCUT2D eigenvalue weighted by Crippen LogP contribution is 2.40. The lowest BCUT2D eigenvalue weighted by Crippen LogP contribution is -2.35. The van der Waals surface area contributed by atoms with Crippen LogP contribution in [0.1, 0.15) is 29.7 Å². The number of carbonyl (C=O) groups excluding carboxylic acids is 2. The fourth-order valence-corrected chi connectivity index (χ4v) is 3.38. The van der Waals surface area contributed by atoms with Gasteiger partial charge in [-0.05, 0) is 31.5 Å². The number of hydrogen-bond donors (Lipinski definition) is 2. The first-order chi connectivity index (χ1) is 13.3. The second-order valence-corrected chi connectivity index (χ2v) is 6.94. The first-order valence-corrected chi connectivity index (χ1v) is 9.01. The van der Waals surface area contributed by atoms with Crippen LogP contribution in [0.25, 0.3) is 5.76 Å². The lowest BCUT2D eigenvalue weighted by Gasteiger charge is -2.26. The lowest BCUT2D eigenvalue weighted by atomic mass is 9.95. The number of amides is 1. The number of carbonyl (C=O) groups is 2. The zero-order chi connectivity index (χ0) is 20.4. The van der Waals surface area contributed by atoms with Gasteiger partial charge >= 0.3 is 0 Å². The van der Waals surface area contributed by atoms with Crippen LogP contribution in [0, 0.1) is 6.92 Å². The average Bonchev–Trinajstić information content (AvgIpc) is 2.92. The molecule has 1 aliphatic rings. The zero-order valence-corrected chi connectivity index (χ0v) is 16.0. The van der Waals surface area contributed by atoms with Gasteiger partial charge in [0.25, 0.3) is 11.7 Å². The van der Waals surface area contributed by atoms with Crippen LogP contribution in [0.2, 0.25) is 0 Å². The summed E-state index contributed by atoms with van der Waals surface area (Å²) in [6.45, 7) is 3.43. The van der Waals surface area contributed by atoms with Crippen LogP contribution < -0.4 is 4.74 Å². The molecule has 28 heavy (non-hydrogen) atoms. The number of benzene rings is 2. The third-order valence-corrected chi connectivity index (χ3v) is 4.74. The molecule has 0 aromatic heterocycles. The third-order valence-electron chi connectivity index (χ3n) is 4.74. The highest BCUT2D eigenvalue weighted by molar-refractivity contribution is 6.46. The Balaban J connectivity index is 2.19. The summed E-state index contributed by atoms with van der Waals surface area (Å²) in [7, 11) is 1.53. The molecule has 2 aromatic rings. The smallest absolute Gasteiger partial charge is 0.295 e. The van der Waals surface area contributed by atoms with Crippen molar-refractivity contribution in [3.8, 4) is 5.75 Å². The van der Waals surface area contributed by atoms with Crippen LogP contribution in [-0.2, 0) is 9.59 Å². The minimum absolute atomic E-state index is 0.00255. The van der Waals surface area contributed by atoms with Crippen molar-refractivity contribution >= 4 is 17.4 Å². The van der Waals surface area contributed by atoms with E-state index >= 15 is 0 Å². The fraction of sp³-hybridized carbons (Fsp3) is 0.273. The zero-order valence-electron chi connectivity index (χ0n) is 16.0. The maximum Gasteiger partial charge on any atom is 0.295 e. The van der Waals surface area contributed by atoms with E-state index in [2.05, 4.69) is 0 Å². The van der Waals surface area contributed by atoms with E-state index in [0.717, 1.165) is 5.56 Å². The molecule has 0 radical (unpaired) electrons. The van der Waals surface area contributed by atoms with Gasteiger partial charge in [0.2, 0.25) is 0 Å². The Kier molecular flexibility index (Phi) is 5.51. The van der Waals surface area contributed by atoms with Gasteiger partial charge in [-0.1, -0.05) is 42.0 Å². The first-order valence-electron chi connectivity index (χ1n) is 9.01. The Labute approximate surface area is 163 Å². The number of nitrogens with zero attached hydrogens (tertiary/aromatic N) is 1. The van der Waals surface area contributed by atoms with E-state index in [1.807, 2.05) is 19.1 Å². The molecule has 0 saturated carbocycles. The molecule has 2 N–H and O–H groups in total. The molecule has 1 saturated heterocycles. The van der Waals surface area contributed by atoms with Gasteiger partial charge in [-0.2, -0.15) is 0 Å². The molecule has 3 rings (SSSR count). The predicted molar refractivity (Wildman–Crippen MR) is 105 cm³/mol. The minimum atomic E-state index is -0.828. The van der Waals surface area contributed by atoms with E-state index in [1.165, 1.54) is 12.0 Å². The van der Waals surface area contributed by atoms with Gasteiger partial charge in [-0.15, -0.1) is 0 Å². The summed E-state index contributed by atoms with van der Waals surface area (Å²) in [5.41, 5.74) is 2.08. The fourth-order valence-electron chi connectivity index (χ4n) is 3.38. The molecule has 1 amide bonds. The lowest BCUT2D eigenvalue weighted by molar-refractivity contribution is -0.140. The van der Waals surface area contributed by atoms with Gasteiger partial charge in [0.1, 0.15) is 11.5 Å². The molecule has 0 aliphatic carbocycles. The minimum Gasteiger partial charge on any atom is -0.507 e. The number of likely N-dealkylation sites (tertiary alicyclic amines) is 1. The van der Waals surface area contributed by atoms with E-state index in [1.54, 1.807) is 43.3 Å². The highest BCUT2D eigenvalue weighted by Gasteiger charge is 2.46. The molecule has 1 fully saturated rings. The summed E-state index contributed by atoms with van der Waals surface area (Å²) < 4.78 is 5.26. The quantitative estimate of drug-likeness (QED) is 0.472.